The number of H-pyrrole nitrogens is 1. The maximum absolute atomic E-state index is 12.3. The number of esters is 1. The van der Waals surface area contributed by atoms with Crippen molar-refractivity contribution in [2.75, 3.05) is 33.5 Å². The minimum Gasteiger partial charge on any atom is -0.465 e. The molecule has 3 N–H and O–H groups in total. The Balaban J connectivity index is 2.33. The highest BCUT2D eigenvalue weighted by molar-refractivity contribution is 5.69. The fourth-order valence-electron chi connectivity index (χ4n) is 2.78. The summed E-state index contributed by atoms with van der Waals surface area (Å²) in [4.78, 5) is 38.0. The lowest BCUT2D eigenvalue weighted by Gasteiger charge is -2.21. The highest BCUT2D eigenvalue weighted by atomic mass is 16.6. The molecule has 0 aliphatic carbocycles. The third kappa shape index (κ3) is 5.02. The first-order valence-electron chi connectivity index (χ1n) is 8.47. The van der Waals surface area contributed by atoms with E-state index in [4.69, 9.17) is 18.9 Å². The standard InChI is InChI=1S/C16H24N2O9/c1-3-25-11(20)7-18-6-9(15(22)17-16(18)23)13-14(26-5-4-24-2)12(21)10(8-19)27-13/h6,10,12-14,19,21H,3-5,7-8H2,1-2H3,(H,17,22,23)/t10-,12-,13+,14-/m1/s1. The maximum Gasteiger partial charge on any atom is 0.328 e. The summed E-state index contributed by atoms with van der Waals surface area (Å²) < 4.78 is 21.8. The molecule has 1 aromatic rings. The van der Waals surface area contributed by atoms with E-state index in [9.17, 15) is 24.6 Å². The van der Waals surface area contributed by atoms with Gasteiger partial charge in [0.25, 0.3) is 5.56 Å². The van der Waals surface area contributed by atoms with Crippen LogP contribution in [0, 0.1) is 0 Å². The van der Waals surface area contributed by atoms with Gasteiger partial charge in [-0.1, -0.05) is 0 Å². The van der Waals surface area contributed by atoms with E-state index in [2.05, 4.69) is 4.98 Å². The molecule has 1 aromatic heterocycles. The van der Waals surface area contributed by atoms with Gasteiger partial charge in [-0.15, -0.1) is 0 Å². The highest BCUT2D eigenvalue weighted by Gasteiger charge is 2.46. The molecule has 11 heteroatoms. The summed E-state index contributed by atoms with van der Waals surface area (Å²) in [5.41, 5.74) is -1.54. The number of aliphatic hydroxyl groups excluding tert-OH is 2. The molecule has 1 saturated heterocycles. The van der Waals surface area contributed by atoms with Gasteiger partial charge in [-0.05, 0) is 6.92 Å². The summed E-state index contributed by atoms with van der Waals surface area (Å²) in [6.07, 6.45) is -3.00. The van der Waals surface area contributed by atoms with Gasteiger partial charge < -0.3 is 29.2 Å². The van der Waals surface area contributed by atoms with E-state index in [1.165, 1.54) is 13.3 Å². The summed E-state index contributed by atoms with van der Waals surface area (Å²) in [7, 11) is 1.48. The smallest absolute Gasteiger partial charge is 0.328 e. The first-order chi connectivity index (χ1) is 12.9. The molecule has 11 nitrogen and oxygen atoms in total. The summed E-state index contributed by atoms with van der Waals surface area (Å²) >= 11 is 0. The van der Waals surface area contributed by atoms with Crippen LogP contribution in [-0.4, -0.2) is 77.6 Å². The number of nitrogens with zero attached hydrogens (tertiary/aromatic N) is 1. The van der Waals surface area contributed by atoms with Crippen LogP contribution in [0.3, 0.4) is 0 Å². The Morgan fingerprint density at radius 3 is 2.74 bits per heavy atom. The molecule has 1 aliphatic heterocycles. The predicted octanol–water partition coefficient (Wildman–Crippen LogP) is -2.08. The number of rotatable bonds is 9. The van der Waals surface area contributed by atoms with E-state index < -0.39 is 54.8 Å². The molecular weight excluding hydrogens is 364 g/mol. The molecule has 27 heavy (non-hydrogen) atoms. The van der Waals surface area contributed by atoms with Gasteiger partial charge in [0, 0.05) is 13.3 Å². The second kappa shape index (κ2) is 9.76. The Kier molecular flexibility index (Phi) is 7.68. The van der Waals surface area contributed by atoms with Crippen LogP contribution in [0.4, 0.5) is 0 Å². The normalized spacial score (nSPS) is 24.9. The van der Waals surface area contributed by atoms with Gasteiger partial charge >= 0.3 is 11.7 Å². The fourth-order valence-corrected chi connectivity index (χ4v) is 2.78. The van der Waals surface area contributed by atoms with Crippen LogP contribution in [0.25, 0.3) is 0 Å². The first kappa shape index (κ1) is 21.3. The van der Waals surface area contributed by atoms with Crippen molar-refractivity contribution in [3.8, 4) is 0 Å². The maximum atomic E-state index is 12.3. The number of carbonyl (C=O) groups excluding carboxylic acids is 1. The van der Waals surface area contributed by atoms with Crippen molar-refractivity contribution in [2.45, 2.75) is 37.9 Å². The molecule has 4 atom stereocenters. The van der Waals surface area contributed by atoms with Crippen molar-refractivity contribution >= 4 is 5.97 Å². The van der Waals surface area contributed by atoms with Crippen LogP contribution in [0.15, 0.2) is 15.8 Å². The zero-order valence-electron chi connectivity index (χ0n) is 15.1. The summed E-state index contributed by atoms with van der Waals surface area (Å²) in [5, 5.41) is 19.7. The number of hydrogen-bond donors (Lipinski definition) is 3. The number of methoxy groups -OCH3 is 1. The van der Waals surface area contributed by atoms with Crippen molar-refractivity contribution in [1.29, 1.82) is 0 Å². The minimum absolute atomic E-state index is 0.0173. The summed E-state index contributed by atoms with van der Waals surface area (Å²) in [6.45, 7) is 1.26. The first-order valence-corrected chi connectivity index (χ1v) is 8.47. The van der Waals surface area contributed by atoms with E-state index in [-0.39, 0.29) is 25.4 Å². The van der Waals surface area contributed by atoms with Crippen molar-refractivity contribution < 1.29 is 34.0 Å². The summed E-state index contributed by atoms with van der Waals surface area (Å²) in [5.74, 6) is -0.647. The predicted molar refractivity (Wildman–Crippen MR) is 90.3 cm³/mol. The monoisotopic (exact) mass is 388 g/mol. The number of aliphatic hydroxyl groups is 2. The minimum atomic E-state index is -1.19. The van der Waals surface area contributed by atoms with Crippen molar-refractivity contribution in [2.24, 2.45) is 0 Å². The Morgan fingerprint density at radius 2 is 2.11 bits per heavy atom. The van der Waals surface area contributed by atoms with E-state index in [1.54, 1.807) is 6.92 Å². The van der Waals surface area contributed by atoms with Crippen LogP contribution in [0.1, 0.15) is 18.6 Å². The van der Waals surface area contributed by atoms with Crippen LogP contribution in [0.5, 0.6) is 0 Å². The fraction of sp³-hybridized carbons (Fsp3) is 0.688. The number of hydrogen-bond acceptors (Lipinski definition) is 9. The number of aromatic amines is 1. The number of aromatic nitrogens is 2. The van der Waals surface area contributed by atoms with Gasteiger partial charge in [-0.2, -0.15) is 0 Å². The van der Waals surface area contributed by atoms with E-state index in [0.29, 0.717) is 0 Å². The molecule has 0 unspecified atom stereocenters. The Labute approximate surface area is 154 Å². The number of carbonyl (C=O) groups is 1. The second-order valence-electron chi connectivity index (χ2n) is 5.87. The zero-order chi connectivity index (χ0) is 20.0. The largest absolute Gasteiger partial charge is 0.465 e. The van der Waals surface area contributed by atoms with Crippen molar-refractivity contribution in [1.82, 2.24) is 9.55 Å². The lowest BCUT2D eigenvalue weighted by Crippen LogP contribution is -2.38. The molecule has 0 aromatic carbocycles. The third-order valence-electron chi connectivity index (χ3n) is 4.06. The van der Waals surface area contributed by atoms with Crippen LogP contribution in [0.2, 0.25) is 0 Å². The Bertz CT molecular complexity index is 744. The molecule has 0 amide bonds. The number of ether oxygens (including phenoxy) is 4. The van der Waals surface area contributed by atoms with Gasteiger partial charge in [-0.25, -0.2) is 4.79 Å². The van der Waals surface area contributed by atoms with Crippen molar-refractivity contribution in [3.05, 3.63) is 32.6 Å². The average Bonchev–Trinajstić information content (AvgIpc) is 2.94. The zero-order valence-corrected chi connectivity index (χ0v) is 15.1. The quantitative estimate of drug-likeness (QED) is 0.320. The van der Waals surface area contributed by atoms with Crippen molar-refractivity contribution in [3.63, 3.8) is 0 Å². The molecule has 2 rings (SSSR count). The van der Waals surface area contributed by atoms with E-state index in [0.717, 1.165) is 4.57 Å². The lowest BCUT2D eigenvalue weighted by atomic mass is 10.0. The molecule has 0 spiro atoms. The lowest BCUT2D eigenvalue weighted by molar-refractivity contribution is -0.143. The highest BCUT2D eigenvalue weighted by Crippen LogP contribution is 2.33. The Hall–Kier alpha value is -2.05. The number of nitrogens with one attached hydrogen (secondary N) is 1. The second-order valence-corrected chi connectivity index (χ2v) is 5.87. The Morgan fingerprint density at radius 1 is 1.37 bits per heavy atom. The molecule has 2 heterocycles. The van der Waals surface area contributed by atoms with E-state index >= 15 is 0 Å². The molecule has 0 bridgehead atoms. The third-order valence-corrected chi connectivity index (χ3v) is 4.06. The average molecular weight is 388 g/mol. The molecule has 0 radical (unpaired) electrons. The van der Waals surface area contributed by atoms with E-state index in [1.807, 2.05) is 0 Å². The molecule has 152 valence electrons. The van der Waals surface area contributed by atoms with Gasteiger partial charge in [0.05, 0.1) is 32.0 Å². The SMILES string of the molecule is CCOC(=O)Cn1cc([C@@H]2O[C@H](CO)[C@@H](O)[C@H]2OCCOC)c(=O)[nH]c1=O. The molecule has 1 aliphatic rings. The van der Waals surface area contributed by atoms with Gasteiger partial charge in [0.1, 0.15) is 31.0 Å². The van der Waals surface area contributed by atoms with Crippen LogP contribution in [-0.2, 0) is 30.3 Å². The van der Waals surface area contributed by atoms with Gasteiger partial charge in [0.15, 0.2) is 0 Å². The topological polar surface area (TPSA) is 149 Å². The van der Waals surface area contributed by atoms with Crippen LogP contribution < -0.4 is 11.2 Å². The van der Waals surface area contributed by atoms with Gasteiger partial charge in [0.2, 0.25) is 0 Å². The summed E-state index contributed by atoms with van der Waals surface area (Å²) in [6, 6.07) is 0. The molecule has 1 fully saturated rings. The molecule has 0 saturated carbocycles. The van der Waals surface area contributed by atoms with Crippen LogP contribution >= 0.6 is 0 Å². The van der Waals surface area contributed by atoms with Gasteiger partial charge in [-0.3, -0.25) is 19.1 Å². The molecular formula is C16H24N2O9.